The van der Waals surface area contributed by atoms with E-state index in [4.69, 9.17) is 10.6 Å². The zero-order valence-corrected chi connectivity index (χ0v) is 11.6. The summed E-state index contributed by atoms with van der Waals surface area (Å²) in [6.07, 6.45) is 1.16. The second-order valence-corrected chi connectivity index (χ2v) is 5.30. The van der Waals surface area contributed by atoms with E-state index in [0.29, 0.717) is 11.8 Å². The molecule has 3 heteroatoms. The van der Waals surface area contributed by atoms with Crippen molar-refractivity contribution in [3.05, 3.63) is 65.7 Å². The molecule has 0 aromatic heterocycles. The van der Waals surface area contributed by atoms with Gasteiger partial charge in [0.2, 0.25) is 0 Å². The van der Waals surface area contributed by atoms with Crippen molar-refractivity contribution < 1.29 is 4.74 Å². The number of nitrogens with one attached hydrogen (secondary N) is 1. The average Bonchev–Trinajstić information content (AvgIpc) is 3.30. The minimum atomic E-state index is 0.136. The number of hydrogen-bond acceptors (Lipinski definition) is 3. The Hall–Kier alpha value is -1.84. The van der Waals surface area contributed by atoms with Gasteiger partial charge in [0.25, 0.3) is 0 Å². The number of para-hydroxylation sites is 1. The molecule has 3 nitrogen and oxygen atoms in total. The monoisotopic (exact) mass is 268 g/mol. The van der Waals surface area contributed by atoms with Crippen LogP contribution >= 0.6 is 0 Å². The largest absolute Gasteiger partial charge is 0.496 e. The first-order valence-corrected chi connectivity index (χ1v) is 6.99. The Morgan fingerprint density at radius 1 is 1.10 bits per heavy atom. The van der Waals surface area contributed by atoms with Crippen molar-refractivity contribution in [2.24, 2.45) is 11.8 Å². The maximum absolute atomic E-state index is 5.80. The van der Waals surface area contributed by atoms with Gasteiger partial charge in [-0.2, -0.15) is 0 Å². The van der Waals surface area contributed by atoms with E-state index in [1.54, 1.807) is 7.11 Å². The second-order valence-electron chi connectivity index (χ2n) is 5.30. The maximum Gasteiger partial charge on any atom is 0.123 e. The summed E-state index contributed by atoms with van der Waals surface area (Å²) in [4.78, 5) is 0. The molecule has 1 aliphatic carbocycles. The third-order valence-electron chi connectivity index (χ3n) is 4.15. The van der Waals surface area contributed by atoms with Crippen LogP contribution in [0.3, 0.4) is 0 Å². The minimum absolute atomic E-state index is 0.136. The summed E-state index contributed by atoms with van der Waals surface area (Å²) in [5.41, 5.74) is 5.51. The molecular weight excluding hydrogens is 248 g/mol. The van der Waals surface area contributed by atoms with E-state index in [1.807, 2.05) is 18.2 Å². The molecule has 1 saturated carbocycles. The van der Waals surface area contributed by atoms with Crippen molar-refractivity contribution >= 4 is 0 Å². The molecule has 1 fully saturated rings. The molecule has 1 aliphatic rings. The van der Waals surface area contributed by atoms with Gasteiger partial charge in [-0.05, 0) is 29.9 Å². The number of hydrazine groups is 1. The van der Waals surface area contributed by atoms with E-state index in [9.17, 15) is 0 Å². The minimum Gasteiger partial charge on any atom is -0.496 e. The topological polar surface area (TPSA) is 47.3 Å². The van der Waals surface area contributed by atoms with Crippen LogP contribution in [0, 0.1) is 5.92 Å². The van der Waals surface area contributed by atoms with Crippen LogP contribution in [0.15, 0.2) is 54.6 Å². The summed E-state index contributed by atoms with van der Waals surface area (Å²) in [5.74, 6) is 7.81. The van der Waals surface area contributed by atoms with Crippen molar-refractivity contribution in [1.82, 2.24) is 5.43 Å². The lowest BCUT2D eigenvalue weighted by atomic mass is 9.98. The summed E-state index contributed by atoms with van der Waals surface area (Å²) >= 11 is 0. The van der Waals surface area contributed by atoms with Gasteiger partial charge in [-0.1, -0.05) is 48.5 Å². The molecule has 0 amide bonds. The normalized spacial score (nSPS) is 22.3. The number of benzene rings is 2. The molecule has 3 unspecified atom stereocenters. The van der Waals surface area contributed by atoms with Crippen molar-refractivity contribution in [3.8, 4) is 5.75 Å². The van der Waals surface area contributed by atoms with Gasteiger partial charge in [-0.25, -0.2) is 0 Å². The first kappa shape index (κ1) is 13.2. The van der Waals surface area contributed by atoms with Crippen molar-refractivity contribution in [1.29, 1.82) is 0 Å². The van der Waals surface area contributed by atoms with Crippen LogP contribution < -0.4 is 16.0 Å². The summed E-state index contributed by atoms with van der Waals surface area (Å²) in [7, 11) is 1.70. The zero-order valence-electron chi connectivity index (χ0n) is 11.6. The lowest BCUT2D eigenvalue weighted by molar-refractivity contribution is 0.391. The van der Waals surface area contributed by atoms with Crippen LogP contribution in [0.1, 0.15) is 29.5 Å². The van der Waals surface area contributed by atoms with Crippen LogP contribution in [0.4, 0.5) is 0 Å². The van der Waals surface area contributed by atoms with E-state index in [2.05, 4.69) is 41.8 Å². The quantitative estimate of drug-likeness (QED) is 0.647. The highest BCUT2D eigenvalue weighted by molar-refractivity contribution is 5.39. The first-order valence-electron chi connectivity index (χ1n) is 6.99. The molecule has 3 N–H and O–H groups in total. The molecule has 0 spiro atoms. The predicted molar refractivity (Wildman–Crippen MR) is 80.3 cm³/mol. The number of ether oxygens (including phenoxy) is 1. The van der Waals surface area contributed by atoms with E-state index < -0.39 is 0 Å². The molecule has 2 aromatic carbocycles. The Kier molecular flexibility index (Phi) is 3.72. The van der Waals surface area contributed by atoms with Crippen molar-refractivity contribution in [2.45, 2.75) is 18.4 Å². The highest BCUT2D eigenvalue weighted by atomic mass is 16.5. The second kappa shape index (κ2) is 5.65. The molecule has 0 radical (unpaired) electrons. The molecule has 0 heterocycles. The van der Waals surface area contributed by atoms with Gasteiger partial charge in [-0.3, -0.25) is 11.3 Å². The third-order valence-corrected chi connectivity index (χ3v) is 4.15. The SMILES string of the molecule is COc1ccccc1C(NN)C1CC1c1ccccc1. The Bertz CT molecular complexity index is 570. The molecule has 0 saturated heterocycles. The highest BCUT2D eigenvalue weighted by Crippen LogP contribution is 2.54. The molecular formula is C17H20N2O. The molecule has 3 atom stereocenters. The smallest absolute Gasteiger partial charge is 0.123 e. The Morgan fingerprint density at radius 3 is 2.50 bits per heavy atom. The van der Waals surface area contributed by atoms with E-state index >= 15 is 0 Å². The van der Waals surface area contributed by atoms with Crippen LogP contribution in [0.25, 0.3) is 0 Å². The number of methoxy groups -OCH3 is 1. The van der Waals surface area contributed by atoms with Crippen LogP contribution in [0.2, 0.25) is 0 Å². The Morgan fingerprint density at radius 2 is 1.80 bits per heavy atom. The van der Waals surface area contributed by atoms with Crippen molar-refractivity contribution in [2.75, 3.05) is 7.11 Å². The van der Waals surface area contributed by atoms with E-state index in [1.165, 1.54) is 5.56 Å². The molecule has 0 bridgehead atoms. The van der Waals surface area contributed by atoms with Gasteiger partial charge in [0.1, 0.15) is 5.75 Å². The van der Waals surface area contributed by atoms with Gasteiger partial charge < -0.3 is 4.74 Å². The lowest BCUT2D eigenvalue weighted by Crippen LogP contribution is -2.30. The molecule has 2 aromatic rings. The van der Waals surface area contributed by atoms with E-state index in [-0.39, 0.29) is 6.04 Å². The Labute approximate surface area is 119 Å². The van der Waals surface area contributed by atoms with Crippen LogP contribution in [-0.2, 0) is 0 Å². The van der Waals surface area contributed by atoms with Gasteiger partial charge in [-0.15, -0.1) is 0 Å². The summed E-state index contributed by atoms with van der Waals surface area (Å²) in [6.45, 7) is 0. The van der Waals surface area contributed by atoms with Crippen molar-refractivity contribution in [3.63, 3.8) is 0 Å². The highest BCUT2D eigenvalue weighted by Gasteiger charge is 2.44. The summed E-state index contributed by atoms with van der Waals surface area (Å²) < 4.78 is 5.45. The zero-order chi connectivity index (χ0) is 13.9. The number of nitrogens with two attached hydrogens (primary N) is 1. The van der Waals surface area contributed by atoms with Gasteiger partial charge in [0.05, 0.1) is 13.2 Å². The third kappa shape index (κ3) is 2.42. The Balaban J connectivity index is 1.82. The average molecular weight is 268 g/mol. The fraction of sp³-hybridized carbons (Fsp3) is 0.294. The summed E-state index contributed by atoms with van der Waals surface area (Å²) in [6, 6.07) is 18.9. The maximum atomic E-state index is 5.80. The number of hydrogen-bond donors (Lipinski definition) is 2. The van der Waals surface area contributed by atoms with Gasteiger partial charge in [0.15, 0.2) is 0 Å². The molecule has 104 valence electrons. The number of rotatable bonds is 5. The first-order chi connectivity index (χ1) is 9.85. The molecule has 3 rings (SSSR count). The van der Waals surface area contributed by atoms with Gasteiger partial charge >= 0.3 is 0 Å². The van der Waals surface area contributed by atoms with Gasteiger partial charge in [0, 0.05) is 5.56 Å². The fourth-order valence-electron chi connectivity index (χ4n) is 3.03. The molecule has 0 aliphatic heterocycles. The standard InChI is InChI=1S/C17H20N2O/c1-20-16-10-6-5-9-13(16)17(19-18)15-11-14(15)12-7-3-2-4-8-12/h2-10,14-15,17,19H,11,18H2,1H3. The van der Waals surface area contributed by atoms with E-state index in [0.717, 1.165) is 17.7 Å². The lowest BCUT2D eigenvalue weighted by Gasteiger charge is -2.19. The molecule has 20 heavy (non-hydrogen) atoms. The summed E-state index contributed by atoms with van der Waals surface area (Å²) in [5, 5.41) is 0. The predicted octanol–water partition coefficient (Wildman–Crippen LogP) is 3.00. The van der Waals surface area contributed by atoms with Crippen LogP contribution in [0.5, 0.6) is 5.75 Å². The van der Waals surface area contributed by atoms with Crippen LogP contribution in [-0.4, -0.2) is 7.11 Å². The fourth-order valence-corrected chi connectivity index (χ4v) is 3.03.